The average molecular weight is 372 g/mol. The maximum Gasteiger partial charge on any atom is 0.251 e. The van der Waals surface area contributed by atoms with Gasteiger partial charge in [0.25, 0.3) is 5.91 Å². The van der Waals surface area contributed by atoms with Crippen LogP contribution in [-0.4, -0.2) is 25.3 Å². The molecule has 140 valence electrons. The average Bonchev–Trinajstić information content (AvgIpc) is 2.62. The van der Waals surface area contributed by atoms with Crippen molar-refractivity contribution in [3.63, 3.8) is 0 Å². The lowest BCUT2D eigenvalue weighted by Gasteiger charge is -2.16. The molecule has 0 radical (unpaired) electrons. The smallest absolute Gasteiger partial charge is 0.251 e. The number of aryl methyl sites for hydroxylation is 2. The Bertz CT molecular complexity index is 739. The Hall–Kier alpha value is -1.94. The number of nitrogens with one attached hydrogen (secondary N) is 1. The first-order valence-electron chi connectivity index (χ1n) is 9.02. The third kappa shape index (κ3) is 5.53. The molecule has 0 fully saturated rings. The first-order chi connectivity index (χ1) is 12.4. The number of ether oxygens (including phenoxy) is 1. The van der Waals surface area contributed by atoms with E-state index >= 15 is 0 Å². The number of amides is 1. The highest BCUT2D eigenvalue weighted by atomic mass is 32.2. The second-order valence-electron chi connectivity index (χ2n) is 6.86. The van der Waals surface area contributed by atoms with Gasteiger partial charge in [-0.05, 0) is 48.6 Å². The van der Waals surface area contributed by atoms with Gasteiger partial charge in [-0.15, -0.1) is 0 Å². The van der Waals surface area contributed by atoms with E-state index in [4.69, 9.17) is 4.74 Å². The number of carbonyl (C=O) groups is 1. The molecule has 2 rings (SSSR count). The third-order valence-electron chi connectivity index (χ3n) is 4.36. The van der Waals surface area contributed by atoms with Crippen LogP contribution in [0.15, 0.2) is 36.4 Å². The summed E-state index contributed by atoms with van der Waals surface area (Å²) in [6.45, 7) is 8.93. The van der Waals surface area contributed by atoms with E-state index in [1.165, 1.54) is 11.1 Å². The summed E-state index contributed by atoms with van der Waals surface area (Å²) in [6, 6.07) is 12.5. The zero-order valence-corrected chi connectivity index (χ0v) is 17.2. The lowest BCUT2D eigenvalue weighted by molar-refractivity contribution is 0.0955. The van der Waals surface area contributed by atoms with Crippen LogP contribution in [0.2, 0.25) is 0 Å². The van der Waals surface area contributed by atoms with Crippen molar-refractivity contribution in [2.45, 2.75) is 39.4 Å². The summed E-state index contributed by atoms with van der Waals surface area (Å²) in [7, 11) is 1.67. The van der Waals surface area contributed by atoms with Gasteiger partial charge in [-0.3, -0.25) is 4.79 Å². The van der Waals surface area contributed by atoms with E-state index < -0.39 is 0 Å². The normalized spacial score (nSPS) is 10.8. The molecule has 0 spiro atoms. The van der Waals surface area contributed by atoms with Crippen molar-refractivity contribution in [2.75, 3.05) is 19.4 Å². The van der Waals surface area contributed by atoms with Gasteiger partial charge in [0.15, 0.2) is 0 Å². The van der Waals surface area contributed by atoms with Gasteiger partial charge in [0.1, 0.15) is 5.75 Å². The Morgan fingerprint density at radius 1 is 1.15 bits per heavy atom. The highest BCUT2D eigenvalue weighted by molar-refractivity contribution is 7.98. The fraction of sp³-hybridized carbons (Fsp3) is 0.409. The van der Waals surface area contributed by atoms with Crippen LogP contribution in [0.4, 0.5) is 0 Å². The van der Waals surface area contributed by atoms with Gasteiger partial charge in [0.05, 0.1) is 7.11 Å². The molecule has 1 N–H and O–H groups in total. The zero-order valence-electron chi connectivity index (χ0n) is 16.4. The molecule has 0 aliphatic rings. The number of hydrogen-bond donors (Lipinski definition) is 1. The number of thioether (sulfide) groups is 1. The van der Waals surface area contributed by atoms with E-state index in [2.05, 4.69) is 50.4 Å². The molecule has 2 aromatic rings. The predicted octanol–water partition coefficient (Wildman–Crippen LogP) is 5.10. The van der Waals surface area contributed by atoms with Gasteiger partial charge in [-0.25, -0.2) is 0 Å². The van der Waals surface area contributed by atoms with Crippen molar-refractivity contribution in [1.29, 1.82) is 0 Å². The molecule has 0 aromatic heterocycles. The fourth-order valence-electron chi connectivity index (χ4n) is 2.78. The van der Waals surface area contributed by atoms with Gasteiger partial charge in [0, 0.05) is 23.6 Å². The SMILES string of the molecule is COc1cc(C)c(C(=O)NCCSCc2ccc(C)cc2)cc1C(C)C. The van der Waals surface area contributed by atoms with E-state index in [-0.39, 0.29) is 5.91 Å². The van der Waals surface area contributed by atoms with Crippen LogP contribution in [0.25, 0.3) is 0 Å². The summed E-state index contributed by atoms with van der Waals surface area (Å²) in [5, 5.41) is 3.04. The Kier molecular flexibility index (Phi) is 7.58. The maximum atomic E-state index is 12.5. The second-order valence-corrected chi connectivity index (χ2v) is 7.96. The summed E-state index contributed by atoms with van der Waals surface area (Å²) in [4.78, 5) is 12.5. The highest BCUT2D eigenvalue weighted by Crippen LogP contribution is 2.29. The Morgan fingerprint density at radius 3 is 2.46 bits per heavy atom. The molecule has 0 heterocycles. The van der Waals surface area contributed by atoms with Crippen LogP contribution < -0.4 is 10.1 Å². The fourth-order valence-corrected chi connectivity index (χ4v) is 3.60. The minimum Gasteiger partial charge on any atom is -0.496 e. The van der Waals surface area contributed by atoms with Crippen molar-refractivity contribution in [2.24, 2.45) is 0 Å². The van der Waals surface area contributed by atoms with Crippen molar-refractivity contribution in [3.8, 4) is 5.75 Å². The number of carbonyl (C=O) groups excluding carboxylic acids is 1. The largest absolute Gasteiger partial charge is 0.496 e. The molecule has 3 nitrogen and oxygen atoms in total. The summed E-state index contributed by atoms with van der Waals surface area (Å²) >= 11 is 1.83. The molecule has 4 heteroatoms. The van der Waals surface area contributed by atoms with E-state index in [1.807, 2.05) is 30.8 Å². The molecule has 0 aliphatic carbocycles. The number of hydrogen-bond acceptors (Lipinski definition) is 3. The van der Waals surface area contributed by atoms with Crippen LogP contribution >= 0.6 is 11.8 Å². The van der Waals surface area contributed by atoms with Crippen LogP contribution in [0.1, 0.15) is 52.4 Å². The topological polar surface area (TPSA) is 38.3 Å². The molecule has 2 aromatic carbocycles. The van der Waals surface area contributed by atoms with Crippen molar-refractivity contribution >= 4 is 17.7 Å². The Morgan fingerprint density at radius 2 is 1.85 bits per heavy atom. The first-order valence-corrected chi connectivity index (χ1v) is 10.2. The van der Waals surface area contributed by atoms with Gasteiger partial charge in [-0.1, -0.05) is 43.7 Å². The van der Waals surface area contributed by atoms with Gasteiger partial charge >= 0.3 is 0 Å². The number of benzene rings is 2. The summed E-state index contributed by atoms with van der Waals surface area (Å²) < 4.78 is 5.45. The van der Waals surface area contributed by atoms with Crippen molar-refractivity contribution in [1.82, 2.24) is 5.32 Å². The van der Waals surface area contributed by atoms with Crippen LogP contribution in [0.5, 0.6) is 5.75 Å². The molecule has 0 saturated heterocycles. The molecule has 1 amide bonds. The monoisotopic (exact) mass is 371 g/mol. The first kappa shape index (κ1) is 20.4. The Balaban J connectivity index is 1.87. The molecular weight excluding hydrogens is 342 g/mol. The van der Waals surface area contributed by atoms with E-state index in [1.54, 1.807) is 7.11 Å². The van der Waals surface area contributed by atoms with Crippen LogP contribution in [0, 0.1) is 13.8 Å². The summed E-state index contributed by atoms with van der Waals surface area (Å²) in [5.41, 5.74) is 5.34. The van der Waals surface area contributed by atoms with E-state index in [9.17, 15) is 4.79 Å². The Labute approximate surface area is 161 Å². The molecule has 0 aliphatic heterocycles. The molecule has 0 bridgehead atoms. The van der Waals surface area contributed by atoms with Crippen LogP contribution in [0.3, 0.4) is 0 Å². The molecular formula is C22H29NO2S. The maximum absolute atomic E-state index is 12.5. The highest BCUT2D eigenvalue weighted by Gasteiger charge is 2.15. The summed E-state index contributed by atoms with van der Waals surface area (Å²) in [6.07, 6.45) is 0. The summed E-state index contributed by atoms with van der Waals surface area (Å²) in [5.74, 6) is 3.01. The van der Waals surface area contributed by atoms with E-state index in [0.29, 0.717) is 12.5 Å². The molecule has 0 unspecified atom stereocenters. The van der Waals surface area contributed by atoms with Gasteiger partial charge in [0.2, 0.25) is 0 Å². The predicted molar refractivity (Wildman–Crippen MR) is 111 cm³/mol. The lowest BCUT2D eigenvalue weighted by atomic mass is 9.96. The van der Waals surface area contributed by atoms with Crippen molar-refractivity contribution < 1.29 is 9.53 Å². The van der Waals surface area contributed by atoms with Crippen molar-refractivity contribution in [3.05, 3.63) is 64.2 Å². The third-order valence-corrected chi connectivity index (χ3v) is 5.39. The van der Waals surface area contributed by atoms with Gasteiger partial charge < -0.3 is 10.1 Å². The van der Waals surface area contributed by atoms with Crippen LogP contribution in [-0.2, 0) is 5.75 Å². The molecule has 0 saturated carbocycles. The minimum absolute atomic E-state index is 0.0111. The number of rotatable bonds is 8. The molecule has 26 heavy (non-hydrogen) atoms. The number of methoxy groups -OCH3 is 1. The van der Waals surface area contributed by atoms with Gasteiger partial charge in [-0.2, -0.15) is 11.8 Å². The molecule has 0 atom stereocenters. The van der Waals surface area contributed by atoms with E-state index in [0.717, 1.165) is 33.9 Å². The quantitative estimate of drug-likeness (QED) is 0.656. The zero-order chi connectivity index (χ0) is 19.1. The lowest BCUT2D eigenvalue weighted by Crippen LogP contribution is -2.26. The minimum atomic E-state index is -0.0111. The second kappa shape index (κ2) is 9.67. The standard InChI is InChI=1S/C22H29NO2S/c1-15(2)19-13-20(17(4)12-21(19)25-5)22(24)23-10-11-26-14-18-8-6-16(3)7-9-18/h6-9,12-13,15H,10-11,14H2,1-5H3,(H,23,24).